The Hall–Kier alpha value is -1.62. The molecule has 0 saturated carbocycles. The fraction of sp³-hybridized carbons (Fsp3) is 0.167. The van der Waals surface area contributed by atoms with Gasteiger partial charge in [0.15, 0.2) is 11.6 Å². The third-order valence-electron chi connectivity index (χ3n) is 2.40. The monoisotopic (exact) mass is 254 g/mol. The second-order valence-corrected chi connectivity index (χ2v) is 5.39. The maximum atomic E-state index is 13.9. The van der Waals surface area contributed by atoms with E-state index in [1.165, 1.54) is 13.0 Å². The summed E-state index contributed by atoms with van der Waals surface area (Å²) in [4.78, 5) is 0. The maximum Gasteiger partial charge on any atom is 0.308 e. The van der Waals surface area contributed by atoms with Crippen molar-refractivity contribution < 1.29 is 17.0 Å². The van der Waals surface area contributed by atoms with Gasteiger partial charge in [-0.25, -0.2) is 4.39 Å². The van der Waals surface area contributed by atoms with Crippen LogP contribution in [0.2, 0.25) is 0 Å². The predicted molar refractivity (Wildman–Crippen MR) is 64.0 cm³/mol. The van der Waals surface area contributed by atoms with E-state index in [-0.39, 0.29) is 11.5 Å². The van der Waals surface area contributed by atoms with Crippen LogP contribution in [0.25, 0.3) is 10.8 Å². The van der Waals surface area contributed by atoms with E-state index in [9.17, 15) is 12.8 Å². The molecule has 0 aromatic heterocycles. The summed E-state index contributed by atoms with van der Waals surface area (Å²) in [6, 6.07) is 9.74. The summed E-state index contributed by atoms with van der Waals surface area (Å²) in [6.07, 6.45) is 0. The van der Waals surface area contributed by atoms with E-state index < -0.39 is 15.9 Å². The summed E-state index contributed by atoms with van der Waals surface area (Å²) in [5.41, 5.74) is 0. The third kappa shape index (κ3) is 2.39. The zero-order valence-electron chi connectivity index (χ0n) is 9.18. The highest BCUT2D eigenvalue weighted by atomic mass is 32.2. The molecule has 0 bridgehead atoms. The Morgan fingerprint density at radius 2 is 1.88 bits per heavy atom. The highest BCUT2D eigenvalue weighted by molar-refractivity contribution is 7.87. The minimum Gasteiger partial charge on any atom is -0.379 e. The zero-order valence-corrected chi connectivity index (χ0v) is 10.00. The van der Waals surface area contributed by atoms with E-state index in [0.29, 0.717) is 10.8 Å². The van der Waals surface area contributed by atoms with Crippen LogP contribution < -0.4 is 4.18 Å². The molecular weight excluding hydrogens is 243 g/mol. The Morgan fingerprint density at radius 1 is 1.18 bits per heavy atom. The van der Waals surface area contributed by atoms with Crippen molar-refractivity contribution in [3.63, 3.8) is 0 Å². The van der Waals surface area contributed by atoms with Crippen molar-refractivity contribution in [2.45, 2.75) is 6.92 Å². The summed E-state index contributed by atoms with van der Waals surface area (Å²) in [7, 11) is -3.70. The normalized spacial score (nSPS) is 11.6. The largest absolute Gasteiger partial charge is 0.379 e. The van der Waals surface area contributed by atoms with Crippen LogP contribution in [-0.2, 0) is 10.1 Å². The molecule has 0 amide bonds. The van der Waals surface area contributed by atoms with Gasteiger partial charge in [0.2, 0.25) is 0 Å². The Balaban J connectivity index is 2.54. The van der Waals surface area contributed by atoms with Crippen molar-refractivity contribution in [2.75, 3.05) is 5.75 Å². The molecule has 0 spiro atoms. The molecular formula is C12H11FO3S. The summed E-state index contributed by atoms with van der Waals surface area (Å²) < 4.78 is 41.2. The third-order valence-corrected chi connectivity index (χ3v) is 3.54. The van der Waals surface area contributed by atoms with Crippen LogP contribution in [0.4, 0.5) is 4.39 Å². The number of halogens is 1. The molecule has 0 saturated heterocycles. The summed E-state index contributed by atoms with van der Waals surface area (Å²) in [6.45, 7) is 1.44. The fourth-order valence-electron chi connectivity index (χ4n) is 1.47. The zero-order chi connectivity index (χ0) is 12.5. The first-order chi connectivity index (χ1) is 8.03. The first kappa shape index (κ1) is 11.9. The minimum absolute atomic E-state index is 0.195. The van der Waals surface area contributed by atoms with Gasteiger partial charge in [-0.3, -0.25) is 0 Å². The molecule has 0 N–H and O–H groups in total. The lowest BCUT2D eigenvalue weighted by Gasteiger charge is -2.07. The van der Waals surface area contributed by atoms with Crippen molar-refractivity contribution in [3.05, 3.63) is 42.2 Å². The Bertz CT molecular complexity index is 650. The van der Waals surface area contributed by atoms with Gasteiger partial charge in [-0.1, -0.05) is 30.3 Å². The lowest BCUT2D eigenvalue weighted by atomic mass is 10.1. The van der Waals surface area contributed by atoms with Gasteiger partial charge in [0, 0.05) is 5.39 Å². The minimum atomic E-state index is -3.70. The van der Waals surface area contributed by atoms with Crippen LogP contribution in [0.3, 0.4) is 0 Å². The van der Waals surface area contributed by atoms with Gasteiger partial charge in [-0.05, 0) is 18.4 Å². The number of rotatable bonds is 3. The highest BCUT2D eigenvalue weighted by Crippen LogP contribution is 2.27. The van der Waals surface area contributed by atoms with E-state index in [1.807, 2.05) is 0 Å². The standard InChI is InChI=1S/C12H11FO3S/c1-2-17(14,15)16-11-8-7-9-5-3-4-6-10(9)12(11)13/h3-8H,2H2,1H3. The van der Waals surface area contributed by atoms with Gasteiger partial charge in [-0.2, -0.15) is 8.42 Å². The molecule has 0 unspecified atom stereocenters. The Morgan fingerprint density at radius 3 is 2.59 bits per heavy atom. The summed E-state index contributed by atoms with van der Waals surface area (Å²) >= 11 is 0. The van der Waals surface area contributed by atoms with E-state index in [0.717, 1.165) is 0 Å². The summed E-state index contributed by atoms with van der Waals surface area (Å²) in [5.74, 6) is -1.11. The second kappa shape index (κ2) is 4.33. The van der Waals surface area contributed by atoms with Gasteiger partial charge in [-0.15, -0.1) is 0 Å². The average Bonchev–Trinajstić information content (AvgIpc) is 2.33. The number of benzene rings is 2. The van der Waals surface area contributed by atoms with Gasteiger partial charge in [0.25, 0.3) is 0 Å². The number of fused-ring (bicyclic) bond motifs is 1. The quantitative estimate of drug-likeness (QED) is 0.791. The molecule has 0 aliphatic carbocycles. The van der Waals surface area contributed by atoms with Gasteiger partial charge in [0.05, 0.1) is 5.75 Å². The molecule has 0 radical (unpaired) electrons. The molecule has 5 heteroatoms. The van der Waals surface area contributed by atoms with Crippen LogP contribution in [0, 0.1) is 5.82 Å². The molecule has 0 aliphatic heterocycles. The first-order valence-corrected chi connectivity index (χ1v) is 6.70. The van der Waals surface area contributed by atoms with Crippen molar-refractivity contribution >= 4 is 20.9 Å². The number of hydrogen-bond donors (Lipinski definition) is 0. The molecule has 0 aliphatic rings. The molecule has 17 heavy (non-hydrogen) atoms. The smallest absolute Gasteiger partial charge is 0.308 e. The molecule has 90 valence electrons. The van der Waals surface area contributed by atoms with Crippen molar-refractivity contribution in [2.24, 2.45) is 0 Å². The molecule has 2 rings (SSSR count). The predicted octanol–water partition coefficient (Wildman–Crippen LogP) is 2.71. The van der Waals surface area contributed by atoms with Crippen molar-refractivity contribution in [3.8, 4) is 5.75 Å². The SMILES string of the molecule is CCS(=O)(=O)Oc1ccc2ccccc2c1F. The van der Waals surface area contributed by atoms with Crippen LogP contribution in [0.5, 0.6) is 5.75 Å². The van der Waals surface area contributed by atoms with Crippen LogP contribution in [0.1, 0.15) is 6.92 Å². The highest BCUT2D eigenvalue weighted by Gasteiger charge is 2.14. The molecule has 0 atom stereocenters. The molecule has 2 aromatic rings. The van der Waals surface area contributed by atoms with Crippen molar-refractivity contribution in [1.82, 2.24) is 0 Å². The first-order valence-electron chi connectivity index (χ1n) is 5.13. The van der Waals surface area contributed by atoms with Crippen molar-refractivity contribution in [1.29, 1.82) is 0 Å². The van der Waals surface area contributed by atoms with E-state index >= 15 is 0 Å². The van der Waals surface area contributed by atoms with E-state index in [1.54, 1.807) is 30.3 Å². The molecule has 0 heterocycles. The van der Waals surface area contributed by atoms with Crippen LogP contribution in [-0.4, -0.2) is 14.2 Å². The molecule has 2 aromatic carbocycles. The Kier molecular flexibility index (Phi) is 3.02. The topological polar surface area (TPSA) is 43.4 Å². The Labute approximate surface area is 99.0 Å². The van der Waals surface area contributed by atoms with Crippen LogP contribution in [0.15, 0.2) is 36.4 Å². The average molecular weight is 254 g/mol. The van der Waals surface area contributed by atoms with Gasteiger partial charge in [0.1, 0.15) is 0 Å². The summed E-state index contributed by atoms with van der Waals surface area (Å²) in [5, 5.41) is 1.04. The molecule has 0 fully saturated rings. The number of hydrogen-bond acceptors (Lipinski definition) is 3. The van der Waals surface area contributed by atoms with Gasteiger partial charge < -0.3 is 4.18 Å². The van der Waals surface area contributed by atoms with E-state index in [4.69, 9.17) is 0 Å². The second-order valence-electron chi connectivity index (χ2n) is 3.53. The lowest BCUT2D eigenvalue weighted by molar-refractivity contribution is 0.465. The van der Waals surface area contributed by atoms with Gasteiger partial charge >= 0.3 is 10.1 Å². The fourth-order valence-corrected chi connectivity index (χ4v) is 1.99. The van der Waals surface area contributed by atoms with Crippen LogP contribution >= 0.6 is 0 Å². The van der Waals surface area contributed by atoms with E-state index in [2.05, 4.69) is 4.18 Å². The molecule has 3 nitrogen and oxygen atoms in total. The lowest BCUT2D eigenvalue weighted by Crippen LogP contribution is -2.12. The maximum absolute atomic E-state index is 13.9.